The van der Waals surface area contributed by atoms with Gasteiger partial charge in [-0.15, -0.1) is 0 Å². The topological polar surface area (TPSA) is 84.4 Å². The van der Waals surface area contributed by atoms with E-state index in [1.165, 1.54) is 6.33 Å². The first-order valence-corrected chi connectivity index (χ1v) is 11.8. The number of carbonyl (C=O) groups is 2. The number of nitrogens with zero attached hydrogens (tertiary/aromatic N) is 3. The number of para-hydroxylation sites is 1. The monoisotopic (exact) mass is 448 g/mol. The molecule has 2 aliphatic rings. The number of hydrogen-bond acceptors (Lipinski definition) is 5. The van der Waals surface area contributed by atoms with E-state index in [9.17, 15) is 9.59 Å². The predicted molar refractivity (Wildman–Crippen MR) is 126 cm³/mol. The maximum atomic E-state index is 12.9. The van der Waals surface area contributed by atoms with Crippen molar-refractivity contribution in [2.45, 2.75) is 45.1 Å². The number of allylic oxidation sites excluding steroid dienone is 2. The Balaban J connectivity index is 1.33. The van der Waals surface area contributed by atoms with E-state index in [1.807, 2.05) is 29.2 Å². The molecule has 2 heterocycles. The van der Waals surface area contributed by atoms with Crippen molar-refractivity contribution in [2.75, 3.05) is 20.2 Å². The molecule has 7 heteroatoms. The number of aromatic nitrogens is 2. The third kappa shape index (κ3) is 5.78. The lowest BCUT2D eigenvalue weighted by Gasteiger charge is -2.34. The van der Waals surface area contributed by atoms with Crippen LogP contribution in [0.5, 0.6) is 5.75 Å². The molecule has 0 saturated carbocycles. The normalized spacial score (nSPS) is 18.7. The van der Waals surface area contributed by atoms with Gasteiger partial charge in [0.05, 0.1) is 18.4 Å². The summed E-state index contributed by atoms with van der Waals surface area (Å²) < 4.78 is 5.36. The van der Waals surface area contributed by atoms with Gasteiger partial charge in [0.25, 0.3) is 5.91 Å². The van der Waals surface area contributed by atoms with E-state index in [4.69, 9.17) is 4.74 Å². The van der Waals surface area contributed by atoms with Crippen LogP contribution in [0.1, 0.15) is 53.7 Å². The third-order valence-corrected chi connectivity index (χ3v) is 6.70. The second-order valence-corrected chi connectivity index (χ2v) is 8.83. The van der Waals surface area contributed by atoms with Crippen molar-refractivity contribution in [1.82, 2.24) is 20.2 Å². The molecule has 0 unspecified atom stereocenters. The standard InChI is InChI=1S/C26H32N4O3/c1-33-24-10-6-5-9-21(24)16-28-25(31)22-17-27-18-29-23(22)15-19-11-13-30(14-12-19)26(32)20-7-3-2-4-8-20/h2-3,5-6,9-10,17-20H,4,7-8,11-16H2,1H3,(H,28,31)/t20-/m0/s1. The van der Waals surface area contributed by atoms with E-state index in [0.717, 1.165) is 62.2 Å². The molecule has 2 amide bonds. The fourth-order valence-electron chi connectivity index (χ4n) is 4.73. The minimum Gasteiger partial charge on any atom is -0.496 e. The molecule has 33 heavy (non-hydrogen) atoms. The summed E-state index contributed by atoms with van der Waals surface area (Å²) >= 11 is 0. The molecule has 1 N–H and O–H groups in total. The molecular formula is C26H32N4O3. The number of likely N-dealkylation sites (tertiary alicyclic amines) is 1. The molecule has 1 aromatic heterocycles. The lowest BCUT2D eigenvalue weighted by molar-refractivity contribution is -0.137. The van der Waals surface area contributed by atoms with Gasteiger partial charge < -0.3 is 15.0 Å². The SMILES string of the molecule is COc1ccccc1CNC(=O)c1cncnc1CC1CCN(C(=O)[C@H]2CC=CCC2)CC1. The fourth-order valence-corrected chi connectivity index (χ4v) is 4.73. The zero-order valence-electron chi connectivity index (χ0n) is 19.2. The maximum Gasteiger partial charge on any atom is 0.254 e. The molecule has 2 aromatic rings. The van der Waals surface area contributed by atoms with E-state index in [-0.39, 0.29) is 11.8 Å². The lowest BCUT2D eigenvalue weighted by atomic mass is 9.88. The second kappa shape index (κ2) is 11.1. The molecule has 0 radical (unpaired) electrons. The summed E-state index contributed by atoms with van der Waals surface area (Å²) in [6, 6.07) is 7.63. The van der Waals surface area contributed by atoms with Crippen LogP contribution in [-0.2, 0) is 17.8 Å². The van der Waals surface area contributed by atoms with Crippen LogP contribution >= 0.6 is 0 Å². The van der Waals surface area contributed by atoms with E-state index in [1.54, 1.807) is 13.3 Å². The Morgan fingerprint density at radius 2 is 1.97 bits per heavy atom. The number of methoxy groups -OCH3 is 1. The van der Waals surface area contributed by atoms with Gasteiger partial charge in [-0.2, -0.15) is 0 Å². The summed E-state index contributed by atoms with van der Waals surface area (Å²) in [6.07, 6.45) is 12.8. The van der Waals surface area contributed by atoms with Crippen LogP contribution in [0.3, 0.4) is 0 Å². The van der Waals surface area contributed by atoms with Crippen molar-refractivity contribution in [3.05, 3.63) is 65.8 Å². The van der Waals surface area contributed by atoms with Gasteiger partial charge in [0, 0.05) is 37.3 Å². The highest BCUT2D eigenvalue weighted by Gasteiger charge is 2.29. The summed E-state index contributed by atoms with van der Waals surface area (Å²) in [5.41, 5.74) is 2.20. The van der Waals surface area contributed by atoms with Gasteiger partial charge in [0.15, 0.2) is 0 Å². The van der Waals surface area contributed by atoms with Gasteiger partial charge in [-0.25, -0.2) is 9.97 Å². The zero-order chi connectivity index (χ0) is 23.0. The molecule has 174 valence electrons. The van der Waals surface area contributed by atoms with E-state index >= 15 is 0 Å². The zero-order valence-corrected chi connectivity index (χ0v) is 19.2. The van der Waals surface area contributed by atoms with Crippen molar-refractivity contribution in [3.63, 3.8) is 0 Å². The Bertz CT molecular complexity index is 999. The molecular weight excluding hydrogens is 416 g/mol. The molecule has 4 rings (SSSR count). The van der Waals surface area contributed by atoms with Crippen LogP contribution in [0.25, 0.3) is 0 Å². The third-order valence-electron chi connectivity index (χ3n) is 6.70. The minimum atomic E-state index is -0.186. The number of carbonyl (C=O) groups excluding carboxylic acids is 2. The number of rotatable bonds is 7. The Kier molecular flexibility index (Phi) is 7.70. The fraction of sp³-hybridized carbons (Fsp3) is 0.462. The van der Waals surface area contributed by atoms with E-state index in [0.29, 0.717) is 30.4 Å². The van der Waals surface area contributed by atoms with Crippen LogP contribution in [0.15, 0.2) is 48.9 Å². The van der Waals surface area contributed by atoms with Crippen molar-refractivity contribution in [1.29, 1.82) is 0 Å². The Hall–Kier alpha value is -3.22. The average molecular weight is 449 g/mol. The summed E-state index contributed by atoms with van der Waals surface area (Å²) in [5, 5.41) is 2.97. The van der Waals surface area contributed by atoms with Gasteiger partial charge in [0.2, 0.25) is 5.91 Å². The Morgan fingerprint density at radius 3 is 2.73 bits per heavy atom. The highest BCUT2D eigenvalue weighted by atomic mass is 16.5. The number of ether oxygens (including phenoxy) is 1. The molecule has 1 saturated heterocycles. The molecule has 1 atom stereocenters. The van der Waals surface area contributed by atoms with Crippen LogP contribution < -0.4 is 10.1 Å². The minimum absolute atomic E-state index is 0.145. The maximum absolute atomic E-state index is 12.9. The first kappa shape index (κ1) is 23.0. The lowest BCUT2D eigenvalue weighted by Crippen LogP contribution is -2.42. The van der Waals surface area contributed by atoms with Gasteiger partial charge in [0.1, 0.15) is 12.1 Å². The van der Waals surface area contributed by atoms with Crippen molar-refractivity contribution in [2.24, 2.45) is 11.8 Å². The first-order chi connectivity index (χ1) is 16.2. The predicted octanol–water partition coefficient (Wildman–Crippen LogP) is 3.55. The van der Waals surface area contributed by atoms with Gasteiger partial charge in [-0.05, 0) is 50.5 Å². The molecule has 0 bridgehead atoms. The summed E-state index contributed by atoms with van der Waals surface area (Å²) in [6.45, 7) is 1.93. The van der Waals surface area contributed by atoms with E-state index < -0.39 is 0 Å². The van der Waals surface area contributed by atoms with Gasteiger partial charge >= 0.3 is 0 Å². The number of piperidine rings is 1. The van der Waals surface area contributed by atoms with Crippen molar-refractivity contribution >= 4 is 11.8 Å². The Morgan fingerprint density at radius 1 is 1.15 bits per heavy atom. The number of benzene rings is 1. The largest absolute Gasteiger partial charge is 0.496 e. The van der Waals surface area contributed by atoms with Gasteiger partial charge in [-0.1, -0.05) is 30.4 Å². The molecule has 1 aliphatic heterocycles. The average Bonchev–Trinajstić information content (AvgIpc) is 2.88. The highest BCUT2D eigenvalue weighted by molar-refractivity contribution is 5.94. The van der Waals surface area contributed by atoms with Crippen LogP contribution in [0.2, 0.25) is 0 Å². The molecule has 1 fully saturated rings. The number of nitrogens with one attached hydrogen (secondary N) is 1. The highest BCUT2D eigenvalue weighted by Crippen LogP contribution is 2.26. The number of amides is 2. The van der Waals surface area contributed by atoms with Crippen molar-refractivity contribution in [3.8, 4) is 5.75 Å². The molecule has 1 aromatic carbocycles. The summed E-state index contributed by atoms with van der Waals surface area (Å²) in [4.78, 5) is 36.2. The quantitative estimate of drug-likeness (QED) is 0.655. The van der Waals surface area contributed by atoms with Crippen LogP contribution in [0, 0.1) is 11.8 Å². The first-order valence-electron chi connectivity index (χ1n) is 11.8. The summed E-state index contributed by atoms with van der Waals surface area (Å²) in [7, 11) is 1.62. The Labute approximate surface area is 195 Å². The van der Waals surface area contributed by atoms with Crippen LogP contribution in [-0.4, -0.2) is 46.9 Å². The van der Waals surface area contributed by atoms with Crippen LogP contribution in [0.4, 0.5) is 0 Å². The second-order valence-electron chi connectivity index (χ2n) is 8.83. The smallest absolute Gasteiger partial charge is 0.254 e. The molecule has 7 nitrogen and oxygen atoms in total. The number of hydrogen-bond donors (Lipinski definition) is 1. The van der Waals surface area contributed by atoms with Crippen molar-refractivity contribution < 1.29 is 14.3 Å². The van der Waals surface area contributed by atoms with Gasteiger partial charge in [-0.3, -0.25) is 9.59 Å². The summed E-state index contributed by atoms with van der Waals surface area (Å²) in [5.74, 6) is 1.40. The molecule has 1 aliphatic carbocycles. The van der Waals surface area contributed by atoms with E-state index in [2.05, 4.69) is 27.4 Å². The molecule has 0 spiro atoms.